The van der Waals surface area contributed by atoms with Crippen LogP contribution in [0.2, 0.25) is 0 Å². The molecule has 0 bridgehead atoms. The molecule has 96 valence electrons. The number of thiophene rings is 1. The molecule has 0 saturated heterocycles. The summed E-state index contributed by atoms with van der Waals surface area (Å²) in [5, 5.41) is 3.53. The van der Waals surface area contributed by atoms with E-state index < -0.39 is 0 Å². The molecule has 0 radical (unpaired) electrons. The molecular weight excluding hydrogens is 306 g/mol. The average molecular weight is 324 g/mol. The highest BCUT2D eigenvalue weighted by Crippen LogP contribution is 2.35. The Bertz CT molecular complexity index is 507. The predicted molar refractivity (Wildman–Crippen MR) is 84.2 cm³/mol. The third kappa shape index (κ3) is 3.22. The minimum Gasteiger partial charge on any atom is -0.309 e. The topological polar surface area (TPSA) is 12.0 Å². The molecular formula is C15H18BrNS. The first-order valence-electron chi connectivity index (χ1n) is 6.30. The quantitative estimate of drug-likeness (QED) is 0.793. The van der Waals surface area contributed by atoms with E-state index in [4.69, 9.17) is 0 Å². The normalized spacial score (nSPS) is 12.6. The van der Waals surface area contributed by atoms with Gasteiger partial charge in [0.15, 0.2) is 0 Å². The Labute approximate surface area is 121 Å². The van der Waals surface area contributed by atoms with E-state index in [1.807, 2.05) is 17.4 Å². The summed E-state index contributed by atoms with van der Waals surface area (Å²) in [5.41, 5.74) is 1.27. The lowest BCUT2D eigenvalue weighted by molar-refractivity contribution is 0.578. The van der Waals surface area contributed by atoms with Gasteiger partial charge >= 0.3 is 0 Å². The predicted octanol–water partition coefficient (Wildman–Crippen LogP) is 5.24. The van der Waals surface area contributed by atoms with Crippen molar-refractivity contribution in [1.29, 1.82) is 0 Å². The zero-order valence-corrected chi connectivity index (χ0v) is 13.1. The van der Waals surface area contributed by atoms with E-state index in [9.17, 15) is 0 Å². The van der Waals surface area contributed by atoms with Crippen LogP contribution in [0.1, 0.15) is 31.2 Å². The Balaban J connectivity index is 2.18. The minimum atomic E-state index is 0.436. The third-order valence-corrected chi connectivity index (χ3v) is 4.89. The molecule has 2 rings (SSSR count). The van der Waals surface area contributed by atoms with E-state index in [0.29, 0.717) is 6.04 Å². The maximum absolute atomic E-state index is 3.61. The lowest BCUT2D eigenvalue weighted by Gasteiger charge is -2.10. The maximum atomic E-state index is 3.61. The van der Waals surface area contributed by atoms with Crippen LogP contribution in [0.5, 0.6) is 0 Å². The zero-order chi connectivity index (χ0) is 13.0. The SMILES string of the molecule is CCCNC(C)c1ccc(-c2ccccc2Br)s1. The molecule has 0 spiro atoms. The number of hydrogen-bond donors (Lipinski definition) is 1. The van der Waals surface area contributed by atoms with Crippen LogP contribution in [0.4, 0.5) is 0 Å². The average Bonchev–Trinajstić information content (AvgIpc) is 2.86. The molecule has 1 unspecified atom stereocenters. The standard InChI is InChI=1S/C15H18BrNS/c1-3-10-17-11(2)14-8-9-15(18-14)12-6-4-5-7-13(12)16/h4-9,11,17H,3,10H2,1-2H3. The molecule has 0 aliphatic rings. The summed E-state index contributed by atoms with van der Waals surface area (Å²) in [6.07, 6.45) is 1.17. The van der Waals surface area contributed by atoms with Gasteiger partial charge in [-0.05, 0) is 38.1 Å². The largest absolute Gasteiger partial charge is 0.309 e. The fraction of sp³-hybridized carbons (Fsp3) is 0.333. The number of halogens is 1. The molecule has 0 amide bonds. The van der Waals surface area contributed by atoms with Crippen LogP contribution in [0.25, 0.3) is 10.4 Å². The third-order valence-electron chi connectivity index (χ3n) is 2.89. The van der Waals surface area contributed by atoms with Crippen LogP contribution in [-0.2, 0) is 0 Å². The fourth-order valence-corrected chi connectivity index (χ4v) is 3.56. The number of hydrogen-bond acceptors (Lipinski definition) is 2. The molecule has 1 nitrogen and oxygen atoms in total. The van der Waals surface area contributed by atoms with Crippen molar-refractivity contribution in [2.75, 3.05) is 6.54 Å². The molecule has 1 aromatic heterocycles. The first kappa shape index (κ1) is 13.8. The summed E-state index contributed by atoms with van der Waals surface area (Å²) in [6, 6.07) is 13.3. The molecule has 0 aliphatic carbocycles. The monoisotopic (exact) mass is 323 g/mol. The smallest absolute Gasteiger partial charge is 0.0386 e. The van der Waals surface area contributed by atoms with Gasteiger partial charge in [0.05, 0.1) is 0 Å². The van der Waals surface area contributed by atoms with Crippen molar-refractivity contribution in [3.05, 3.63) is 45.7 Å². The first-order chi connectivity index (χ1) is 8.72. The van der Waals surface area contributed by atoms with Crippen molar-refractivity contribution < 1.29 is 0 Å². The van der Waals surface area contributed by atoms with Crippen molar-refractivity contribution >= 4 is 27.3 Å². The summed E-state index contributed by atoms with van der Waals surface area (Å²) >= 11 is 5.48. The Kier molecular flexibility index (Phi) is 4.98. The van der Waals surface area contributed by atoms with E-state index in [0.717, 1.165) is 11.0 Å². The highest BCUT2D eigenvalue weighted by atomic mass is 79.9. The summed E-state index contributed by atoms with van der Waals surface area (Å²) < 4.78 is 1.16. The van der Waals surface area contributed by atoms with Gasteiger partial charge in [-0.3, -0.25) is 0 Å². The molecule has 0 saturated carbocycles. The Morgan fingerprint density at radius 3 is 2.72 bits per heavy atom. The Hall–Kier alpha value is -0.640. The van der Waals surface area contributed by atoms with E-state index in [1.54, 1.807) is 0 Å². The molecule has 1 aromatic carbocycles. The second-order valence-corrected chi connectivity index (χ2v) is 6.33. The van der Waals surface area contributed by atoms with Gasteiger partial charge in [0, 0.05) is 25.8 Å². The number of nitrogens with one attached hydrogen (secondary N) is 1. The molecule has 0 aliphatic heterocycles. The molecule has 18 heavy (non-hydrogen) atoms. The molecule has 1 atom stereocenters. The van der Waals surface area contributed by atoms with Gasteiger partial charge in [-0.25, -0.2) is 0 Å². The van der Waals surface area contributed by atoms with Crippen LogP contribution >= 0.6 is 27.3 Å². The molecule has 2 aromatic rings. The van der Waals surface area contributed by atoms with Crippen LogP contribution in [-0.4, -0.2) is 6.54 Å². The van der Waals surface area contributed by atoms with E-state index in [1.165, 1.54) is 21.7 Å². The van der Waals surface area contributed by atoms with Crippen LogP contribution < -0.4 is 5.32 Å². The Morgan fingerprint density at radius 1 is 1.22 bits per heavy atom. The van der Waals surface area contributed by atoms with E-state index in [-0.39, 0.29) is 0 Å². The molecule has 3 heteroatoms. The second-order valence-electron chi connectivity index (χ2n) is 4.36. The summed E-state index contributed by atoms with van der Waals surface area (Å²) in [4.78, 5) is 2.72. The highest BCUT2D eigenvalue weighted by Gasteiger charge is 2.10. The summed E-state index contributed by atoms with van der Waals surface area (Å²) in [6.45, 7) is 5.50. The van der Waals surface area contributed by atoms with E-state index >= 15 is 0 Å². The second kappa shape index (κ2) is 6.50. The highest BCUT2D eigenvalue weighted by molar-refractivity contribution is 9.10. The molecule has 1 N–H and O–H groups in total. The number of rotatable bonds is 5. The van der Waals surface area contributed by atoms with Gasteiger partial charge in [-0.2, -0.15) is 0 Å². The molecule has 0 fully saturated rings. The van der Waals surface area contributed by atoms with Crippen molar-refractivity contribution in [1.82, 2.24) is 5.32 Å². The zero-order valence-electron chi connectivity index (χ0n) is 10.7. The minimum absolute atomic E-state index is 0.436. The van der Waals surface area contributed by atoms with Crippen LogP contribution in [0.15, 0.2) is 40.9 Å². The maximum Gasteiger partial charge on any atom is 0.0386 e. The van der Waals surface area contributed by atoms with Gasteiger partial charge in [-0.15, -0.1) is 11.3 Å². The fourth-order valence-electron chi connectivity index (χ4n) is 1.85. The van der Waals surface area contributed by atoms with Crippen molar-refractivity contribution in [3.63, 3.8) is 0 Å². The molecule has 1 heterocycles. The lowest BCUT2D eigenvalue weighted by atomic mass is 10.2. The van der Waals surface area contributed by atoms with Crippen LogP contribution in [0.3, 0.4) is 0 Å². The van der Waals surface area contributed by atoms with Gasteiger partial charge in [0.2, 0.25) is 0 Å². The lowest BCUT2D eigenvalue weighted by Crippen LogP contribution is -2.18. The Morgan fingerprint density at radius 2 is 2.00 bits per heavy atom. The summed E-state index contributed by atoms with van der Waals surface area (Å²) in [7, 11) is 0. The van der Waals surface area contributed by atoms with Gasteiger partial charge in [0.1, 0.15) is 0 Å². The van der Waals surface area contributed by atoms with Crippen molar-refractivity contribution in [2.24, 2.45) is 0 Å². The van der Waals surface area contributed by atoms with Crippen LogP contribution in [0, 0.1) is 0 Å². The van der Waals surface area contributed by atoms with E-state index in [2.05, 4.69) is 65.4 Å². The first-order valence-corrected chi connectivity index (χ1v) is 7.91. The van der Waals surface area contributed by atoms with Gasteiger partial charge in [-0.1, -0.05) is 41.1 Å². The van der Waals surface area contributed by atoms with Gasteiger partial charge in [0.25, 0.3) is 0 Å². The summed E-state index contributed by atoms with van der Waals surface area (Å²) in [5.74, 6) is 0. The number of benzene rings is 1. The van der Waals surface area contributed by atoms with Crippen molar-refractivity contribution in [2.45, 2.75) is 26.3 Å². The van der Waals surface area contributed by atoms with Gasteiger partial charge < -0.3 is 5.32 Å². The van der Waals surface area contributed by atoms with Crippen molar-refractivity contribution in [3.8, 4) is 10.4 Å².